The van der Waals surface area contributed by atoms with Crippen molar-refractivity contribution in [3.05, 3.63) is 85.1 Å². The number of hydrogen-bond donors (Lipinski definition) is 4. The van der Waals surface area contributed by atoms with Crippen LogP contribution in [0, 0.1) is 0 Å². The number of phosphoric acid groups is 1. The second-order valence-corrected chi connectivity index (χ2v) is 15.8. The van der Waals surface area contributed by atoms with Crippen LogP contribution >= 0.6 is 7.82 Å². The summed E-state index contributed by atoms with van der Waals surface area (Å²) < 4.78 is 32.5. The molecule has 0 aliphatic heterocycles. The van der Waals surface area contributed by atoms with Crippen molar-refractivity contribution in [1.82, 2.24) is 0 Å². The van der Waals surface area contributed by atoms with Crippen molar-refractivity contribution < 1.29 is 52.6 Å². The third-order valence-corrected chi connectivity index (χ3v) is 9.65. The molecule has 0 spiro atoms. The van der Waals surface area contributed by atoms with E-state index < -0.39 is 63.8 Å². The van der Waals surface area contributed by atoms with Crippen molar-refractivity contribution in [2.24, 2.45) is 5.73 Å². The molecule has 0 fully saturated rings. The number of aliphatic carboxylic acids is 1. The number of ether oxygens (including phenoxy) is 2. The first-order valence-electron chi connectivity index (χ1n) is 21.7. The summed E-state index contributed by atoms with van der Waals surface area (Å²) in [5.74, 6) is -2.58. The molecule has 0 rings (SSSR count). The van der Waals surface area contributed by atoms with Crippen LogP contribution in [0.25, 0.3) is 0 Å². The highest BCUT2D eigenvalue weighted by Crippen LogP contribution is 2.43. The maximum atomic E-state index is 12.6. The first-order valence-corrected chi connectivity index (χ1v) is 23.2. The maximum Gasteiger partial charge on any atom is 0.472 e. The van der Waals surface area contributed by atoms with Crippen LogP contribution in [-0.4, -0.2) is 71.1 Å². The zero-order valence-electron chi connectivity index (χ0n) is 35.9. The van der Waals surface area contributed by atoms with Gasteiger partial charge in [-0.15, -0.1) is 0 Å². The van der Waals surface area contributed by atoms with Gasteiger partial charge < -0.3 is 30.3 Å². The molecule has 0 aromatic rings. The van der Waals surface area contributed by atoms with Crippen molar-refractivity contribution in [2.45, 2.75) is 167 Å². The molecular formula is C46H76NO11P. The molecular weight excluding hydrogens is 773 g/mol. The summed E-state index contributed by atoms with van der Waals surface area (Å²) in [5.41, 5.74) is 5.32. The Morgan fingerprint density at radius 1 is 0.610 bits per heavy atom. The Bertz CT molecular complexity index is 1340. The van der Waals surface area contributed by atoms with Gasteiger partial charge in [0.2, 0.25) is 0 Å². The fourth-order valence-corrected chi connectivity index (χ4v) is 5.99. The summed E-state index contributed by atoms with van der Waals surface area (Å²) in [5, 5.41) is 19.0. The van der Waals surface area contributed by atoms with Crippen LogP contribution < -0.4 is 5.73 Å². The van der Waals surface area contributed by atoms with E-state index in [0.29, 0.717) is 38.5 Å². The minimum atomic E-state index is -4.76. The Morgan fingerprint density at radius 3 is 1.73 bits per heavy atom. The van der Waals surface area contributed by atoms with Gasteiger partial charge in [-0.05, 0) is 77.0 Å². The molecule has 12 nitrogen and oxygen atoms in total. The lowest BCUT2D eigenvalue weighted by Crippen LogP contribution is -2.34. The molecule has 0 saturated heterocycles. The second-order valence-electron chi connectivity index (χ2n) is 14.3. The van der Waals surface area contributed by atoms with E-state index in [1.54, 1.807) is 6.08 Å². The van der Waals surface area contributed by atoms with E-state index in [9.17, 15) is 28.9 Å². The Kier molecular flexibility index (Phi) is 37.8. The lowest BCUT2D eigenvalue weighted by molar-refractivity contribution is -0.161. The van der Waals surface area contributed by atoms with Crippen molar-refractivity contribution >= 4 is 25.7 Å². The van der Waals surface area contributed by atoms with Gasteiger partial charge in [-0.25, -0.2) is 4.57 Å². The maximum absolute atomic E-state index is 12.6. The Morgan fingerprint density at radius 2 is 1.10 bits per heavy atom. The lowest BCUT2D eigenvalue weighted by atomic mass is 10.1. The summed E-state index contributed by atoms with van der Waals surface area (Å²) in [6.45, 7) is 2.56. The molecule has 0 aliphatic carbocycles. The molecule has 0 aliphatic rings. The van der Waals surface area contributed by atoms with Gasteiger partial charge in [0.25, 0.3) is 0 Å². The summed E-state index contributed by atoms with van der Waals surface area (Å²) in [6.07, 6.45) is 45.4. The number of unbranched alkanes of at least 4 members (excludes halogenated alkanes) is 11. The standard InChI is InChI=1S/C46H76NO11P/c1-3-5-7-9-11-12-13-14-15-16-17-18-19-20-24-28-32-36-44(49)55-38-42(39-56-59(53,54)57-40-43(47)46(51)52)58-45(50)37-33-29-25-21-23-27-31-35-41(48)34-30-26-22-10-8-6-4-2/h14-15,17-18,20-22,24-27,30-31,34,41-43,48H,3-13,16,19,23,28-29,32-33,35-40,47H2,1-2H3,(H,51,52)(H,53,54)/b15-14-,18-17-,24-20-,25-21+,26-22-,31-27-,34-30-/t41-,42+,43-/m0/s1. The first-order chi connectivity index (χ1) is 28.5. The minimum absolute atomic E-state index is 0.0361. The quantitative estimate of drug-likeness (QED) is 0.0151. The highest BCUT2D eigenvalue weighted by atomic mass is 31.2. The number of nitrogens with two attached hydrogens (primary N) is 1. The number of phosphoric ester groups is 1. The van der Waals surface area contributed by atoms with Gasteiger partial charge in [-0.3, -0.25) is 23.4 Å². The summed E-state index contributed by atoms with van der Waals surface area (Å²) in [7, 11) is -4.76. The van der Waals surface area contributed by atoms with Gasteiger partial charge >= 0.3 is 25.7 Å². The van der Waals surface area contributed by atoms with E-state index in [1.807, 2.05) is 48.6 Å². The average molecular weight is 850 g/mol. The number of carbonyl (C=O) groups is 3. The zero-order chi connectivity index (χ0) is 43.7. The van der Waals surface area contributed by atoms with E-state index in [1.165, 1.54) is 57.8 Å². The highest BCUT2D eigenvalue weighted by Gasteiger charge is 2.28. The largest absolute Gasteiger partial charge is 0.480 e. The number of allylic oxidation sites excluding steroid dienone is 12. The molecule has 336 valence electrons. The SMILES string of the molecule is CCCCC/C=C\C=C/[C@H](O)C/C=C\C/C=C/CCCC(=O)O[C@H](COC(=O)CCC/C=C\C/C=C\C/C=C\CCCCCCCC)COP(=O)(O)OC[C@H](N)C(=O)O. The minimum Gasteiger partial charge on any atom is -0.480 e. The molecule has 0 heterocycles. The van der Waals surface area contributed by atoms with E-state index >= 15 is 0 Å². The molecule has 13 heteroatoms. The smallest absolute Gasteiger partial charge is 0.472 e. The monoisotopic (exact) mass is 850 g/mol. The first kappa shape index (κ1) is 55.6. The topological polar surface area (TPSA) is 192 Å². The molecule has 5 N–H and O–H groups in total. The zero-order valence-corrected chi connectivity index (χ0v) is 36.8. The number of carboxylic acids is 1. The molecule has 0 bridgehead atoms. The van der Waals surface area contributed by atoms with E-state index in [2.05, 4.69) is 48.8 Å². The van der Waals surface area contributed by atoms with Crippen LogP contribution in [-0.2, 0) is 37.5 Å². The van der Waals surface area contributed by atoms with Crippen LogP contribution in [0.5, 0.6) is 0 Å². The number of rotatable bonds is 39. The lowest BCUT2D eigenvalue weighted by Gasteiger charge is -2.20. The van der Waals surface area contributed by atoms with Crippen LogP contribution in [0.2, 0.25) is 0 Å². The highest BCUT2D eigenvalue weighted by molar-refractivity contribution is 7.47. The average Bonchev–Trinajstić information content (AvgIpc) is 3.21. The summed E-state index contributed by atoms with van der Waals surface area (Å²) >= 11 is 0. The third kappa shape index (κ3) is 39.8. The summed E-state index contributed by atoms with van der Waals surface area (Å²) in [6, 6.07) is -1.55. The normalized spacial score (nSPS) is 15.1. The second kappa shape index (κ2) is 40.0. The van der Waals surface area contributed by atoms with Crippen molar-refractivity contribution in [2.75, 3.05) is 19.8 Å². The third-order valence-electron chi connectivity index (χ3n) is 8.70. The van der Waals surface area contributed by atoms with Gasteiger partial charge in [0.1, 0.15) is 12.6 Å². The summed E-state index contributed by atoms with van der Waals surface area (Å²) in [4.78, 5) is 45.9. The molecule has 59 heavy (non-hydrogen) atoms. The van der Waals surface area contributed by atoms with Gasteiger partial charge in [0.05, 0.1) is 19.3 Å². The van der Waals surface area contributed by atoms with Crippen molar-refractivity contribution in [1.29, 1.82) is 0 Å². The van der Waals surface area contributed by atoms with Gasteiger partial charge in [0.15, 0.2) is 6.10 Å². The number of aliphatic hydroxyl groups excluding tert-OH is 1. The van der Waals surface area contributed by atoms with Crippen molar-refractivity contribution in [3.8, 4) is 0 Å². The molecule has 4 atom stereocenters. The van der Waals surface area contributed by atoms with Crippen molar-refractivity contribution in [3.63, 3.8) is 0 Å². The van der Waals surface area contributed by atoms with Crippen LogP contribution in [0.3, 0.4) is 0 Å². The molecule has 0 aromatic carbocycles. The number of carbonyl (C=O) groups excluding carboxylic acids is 2. The van der Waals surface area contributed by atoms with E-state index in [-0.39, 0.29) is 12.8 Å². The Labute approximate surface area is 355 Å². The Balaban J connectivity index is 4.62. The predicted molar refractivity (Wildman–Crippen MR) is 236 cm³/mol. The predicted octanol–water partition coefficient (Wildman–Crippen LogP) is 10.5. The van der Waals surface area contributed by atoms with Gasteiger partial charge in [-0.1, -0.05) is 144 Å². The van der Waals surface area contributed by atoms with E-state index in [4.69, 9.17) is 24.8 Å². The molecule has 1 unspecified atom stereocenters. The fourth-order valence-electron chi connectivity index (χ4n) is 5.21. The van der Waals surface area contributed by atoms with E-state index in [0.717, 1.165) is 25.7 Å². The van der Waals surface area contributed by atoms with Gasteiger partial charge in [0, 0.05) is 12.8 Å². The number of hydrogen-bond acceptors (Lipinski definition) is 10. The Hall–Kier alpha value is -3.38. The molecule has 0 amide bonds. The molecule has 0 saturated carbocycles. The molecule has 0 radical (unpaired) electrons. The fraction of sp³-hybridized carbons (Fsp3) is 0.630. The van der Waals surface area contributed by atoms with Crippen LogP contribution in [0.15, 0.2) is 85.1 Å². The number of carboxylic acid groups (broad SMARTS) is 1. The van der Waals surface area contributed by atoms with Crippen LogP contribution in [0.4, 0.5) is 0 Å². The number of esters is 2. The molecule has 0 aromatic heterocycles. The number of aliphatic hydroxyl groups is 1. The van der Waals surface area contributed by atoms with Gasteiger partial charge in [-0.2, -0.15) is 0 Å². The van der Waals surface area contributed by atoms with Crippen LogP contribution in [0.1, 0.15) is 149 Å².